The van der Waals surface area contributed by atoms with Crippen molar-refractivity contribution in [2.24, 2.45) is 17.8 Å². The Morgan fingerprint density at radius 1 is 0.917 bits per heavy atom. The molecule has 4 nitrogen and oxygen atoms in total. The molecule has 0 unspecified atom stereocenters. The van der Waals surface area contributed by atoms with Crippen LogP contribution in [-0.4, -0.2) is 19.8 Å². The van der Waals surface area contributed by atoms with Gasteiger partial charge in [0.05, 0.1) is 0 Å². The van der Waals surface area contributed by atoms with Crippen LogP contribution < -0.4 is 0 Å². The molecule has 0 amide bonds. The highest BCUT2D eigenvalue weighted by Crippen LogP contribution is 2.61. The van der Waals surface area contributed by atoms with Gasteiger partial charge in [-0.1, -0.05) is 41.7 Å². The summed E-state index contributed by atoms with van der Waals surface area (Å²) < 4.78 is 1.98. The van der Waals surface area contributed by atoms with Crippen molar-refractivity contribution >= 4 is 16.3 Å². The average Bonchev–Trinajstić information content (AvgIpc) is 3.15. The van der Waals surface area contributed by atoms with E-state index >= 15 is 0 Å². The van der Waals surface area contributed by atoms with Gasteiger partial charge < -0.3 is 0 Å². The fourth-order valence-corrected chi connectivity index (χ4v) is 7.03. The standard InChI is InChI=1S/C19H20N4S/c1-2-4-15(5-3-1)16-20-21-18-23(16)22-17(24-18)19-9-12-6-13(10-19)8-14(7-12)11-19/h1-5,12-14H,6-11H2. The van der Waals surface area contributed by atoms with E-state index in [9.17, 15) is 0 Å². The molecule has 0 N–H and O–H groups in total. The third-order valence-electron chi connectivity index (χ3n) is 6.51. The van der Waals surface area contributed by atoms with Gasteiger partial charge in [-0.05, 0) is 56.3 Å². The molecular formula is C19H20N4S. The normalized spacial score (nSPS) is 34.2. The fourth-order valence-electron chi connectivity index (χ4n) is 5.97. The van der Waals surface area contributed by atoms with E-state index in [2.05, 4.69) is 22.3 Å². The Morgan fingerprint density at radius 2 is 1.58 bits per heavy atom. The number of fused-ring (bicyclic) bond motifs is 1. The Labute approximate surface area is 144 Å². The minimum atomic E-state index is 0.341. The predicted octanol–water partition coefficient (Wildman–Crippen LogP) is 4.32. The van der Waals surface area contributed by atoms with E-state index in [0.29, 0.717) is 5.41 Å². The number of benzene rings is 1. The second-order valence-electron chi connectivity index (χ2n) is 8.19. The average molecular weight is 336 g/mol. The molecule has 0 aliphatic heterocycles. The molecule has 0 radical (unpaired) electrons. The van der Waals surface area contributed by atoms with Gasteiger partial charge in [-0.25, -0.2) is 0 Å². The summed E-state index contributed by atoms with van der Waals surface area (Å²) in [6, 6.07) is 10.3. The summed E-state index contributed by atoms with van der Waals surface area (Å²) in [6.07, 6.45) is 8.47. The van der Waals surface area contributed by atoms with E-state index in [1.54, 1.807) is 11.3 Å². The number of nitrogens with zero attached hydrogens (tertiary/aromatic N) is 4. The number of hydrogen-bond donors (Lipinski definition) is 0. The summed E-state index contributed by atoms with van der Waals surface area (Å²) in [6.45, 7) is 0. The molecule has 0 atom stereocenters. The molecule has 4 bridgehead atoms. The van der Waals surface area contributed by atoms with Crippen LogP contribution in [0.4, 0.5) is 0 Å². The molecule has 3 aromatic rings. The van der Waals surface area contributed by atoms with Crippen LogP contribution in [0, 0.1) is 17.8 Å². The Balaban J connectivity index is 1.47. The van der Waals surface area contributed by atoms with E-state index in [1.807, 2.05) is 22.7 Å². The number of aromatic nitrogens is 4. The van der Waals surface area contributed by atoms with E-state index in [0.717, 1.165) is 34.1 Å². The van der Waals surface area contributed by atoms with Crippen molar-refractivity contribution in [3.63, 3.8) is 0 Å². The van der Waals surface area contributed by atoms with Gasteiger partial charge in [-0.15, -0.1) is 10.2 Å². The van der Waals surface area contributed by atoms with Crippen molar-refractivity contribution < 1.29 is 0 Å². The summed E-state index contributed by atoms with van der Waals surface area (Å²) in [5.41, 5.74) is 1.43. The molecule has 7 rings (SSSR count). The maximum absolute atomic E-state index is 5.05. The third-order valence-corrected chi connectivity index (χ3v) is 7.66. The smallest absolute Gasteiger partial charge is 0.183 e. The largest absolute Gasteiger partial charge is 0.234 e. The highest BCUT2D eigenvalue weighted by molar-refractivity contribution is 7.16. The summed E-state index contributed by atoms with van der Waals surface area (Å²) in [7, 11) is 0. The lowest BCUT2D eigenvalue weighted by atomic mass is 9.50. The lowest BCUT2D eigenvalue weighted by Gasteiger charge is -2.55. The molecule has 2 aromatic heterocycles. The first-order valence-corrected chi connectivity index (χ1v) is 9.89. The van der Waals surface area contributed by atoms with Gasteiger partial charge in [0.25, 0.3) is 0 Å². The van der Waals surface area contributed by atoms with Gasteiger partial charge >= 0.3 is 0 Å². The highest BCUT2D eigenvalue weighted by atomic mass is 32.1. The van der Waals surface area contributed by atoms with E-state index in [1.165, 1.54) is 43.5 Å². The van der Waals surface area contributed by atoms with Crippen molar-refractivity contribution in [2.75, 3.05) is 0 Å². The van der Waals surface area contributed by atoms with E-state index in [-0.39, 0.29) is 0 Å². The van der Waals surface area contributed by atoms with Crippen LogP contribution in [0.3, 0.4) is 0 Å². The minimum Gasteiger partial charge on any atom is -0.183 e. The molecule has 1 aromatic carbocycles. The minimum absolute atomic E-state index is 0.341. The van der Waals surface area contributed by atoms with Crippen molar-refractivity contribution in [1.82, 2.24) is 19.8 Å². The van der Waals surface area contributed by atoms with E-state index < -0.39 is 0 Å². The first-order chi connectivity index (χ1) is 11.8. The first-order valence-electron chi connectivity index (χ1n) is 9.07. The summed E-state index contributed by atoms with van der Waals surface area (Å²) >= 11 is 1.78. The molecule has 0 saturated heterocycles. The first kappa shape index (κ1) is 13.5. The molecule has 0 spiro atoms. The van der Waals surface area contributed by atoms with Crippen LogP contribution in [0.15, 0.2) is 30.3 Å². The Hall–Kier alpha value is -1.75. The van der Waals surface area contributed by atoms with Crippen LogP contribution >= 0.6 is 11.3 Å². The molecule has 5 heteroatoms. The molecule has 4 aliphatic carbocycles. The molecule has 4 fully saturated rings. The van der Waals surface area contributed by atoms with Crippen molar-refractivity contribution in [2.45, 2.75) is 43.9 Å². The second-order valence-corrected chi connectivity index (χ2v) is 9.15. The second kappa shape index (κ2) is 4.66. The molecule has 2 heterocycles. The SMILES string of the molecule is c1ccc(-c2nnc3sc(C45CC6CC(CC(C6)C4)C5)nn23)cc1. The number of rotatable bonds is 2. The zero-order valence-electron chi connectivity index (χ0n) is 13.6. The number of hydrogen-bond acceptors (Lipinski definition) is 4. The highest BCUT2D eigenvalue weighted by Gasteiger charge is 2.53. The molecule has 4 aliphatic rings. The third kappa shape index (κ3) is 1.82. The molecule has 122 valence electrons. The maximum atomic E-state index is 5.05. The summed E-state index contributed by atoms with van der Waals surface area (Å²) in [4.78, 5) is 0.944. The van der Waals surface area contributed by atoms with Crippen LogP contribution in [0.2, 0.25) is 0 Å². The van der Waals surface area contributed by atoms with Gasteiger partial charge in [-0.3, -0.25) is 0 Å². The summed E-state index contributed by atoms with van der Waals surface area (Å²) in [5.74, 6) is 3.70. The van der Waals surface area contributed by atoms with Gasteiger partial charge in [0.2, 0.25) is 4.96 Å². The van der Waals surface area contributed by atoms with Crippen LogP contribution in [0.5, 0.6) is 0 Å². The van der Waals surface area contributed by atoms with Crippen molar-refractivity contribution in [1.29, 1.82) is 0 Å². The van der Waals surface area contributed by atoms with Crippen LogP contribution in [0.1, 0.15) is 43.5 Å². The van der Waals surface area contributed by atoms with Crippen molar-refractivity contribution in [3.05, 3.63) is 35.3 Å². The summed E-state index contributed by atoms with van der Waals surface area (Å²) in [5, 5.41) is 15.2. The van der Waals surface area contributed by atoms with E-state index in [4.69, 9.17) is 5.10 Å². The predicted molar refractivity (Wildman–Crippen MR) is 93.9 cm³/mol. The Bertz CT molecular complexity index is 875. The topological polar surface area (TPSA) is 43.1 Å². The van der Waals surface area contributed by atoms with Crippen molar-refractivity contribution in [3.8, 4) is 11.4 Å². The Morgan fingerprint density at radius 3 is 2.25 bits per heavy atom. The van der Waals surface area contributed by atoms with Gasteiger partial charge in [0.15, 0.2) is 5.82 Å². The fraction of sp³-hybridized carbons (Fsp3) is 0.526. The van der Waals surface area contributed by atoms with Crippen LogP contribution in [0.25, 0.3) is 16.3 Å². The molecular weight excluding hydrogens is 316 g/mol. The van der Waals surface area contributed by atoms with Gasteiger partial charge in [0, 0.05) is 11.0 Å². The van der Waals surface area contributed by atoms with Gasteiger partial charge in [0.1, 0.15) is 5.01 Å². The zero-order valence-corrected chi connectivity index (χ0v) is 14.4. The lowest BCUT2D eigenvalue weighted by Crippen LogP contribution is -2.48. The Kier molecular flexibility index (Phi) is 2.63. The maximum Gasteiger partial charge on any atom is 0.234 e. The lowest BCUT2D eigenvalue weighted by molar-refractivity contribution is -0.00565. The van der Waals surface area contributed by atoms with Gasteiger partial charge in [-0.2, -0.15) is 9.61 Å². The monoisotopic (exact) mass is 336 g/mol. The molecule has 24 heavy (non-hydrogen) atoms. The quantitative estimate of drug-likeness (QED) is 0.700. The van der Waals surface area contributed by atoms with Crippen LogP contribution in [-0.2, 0) is 5.41 Å². The molecule has 4 saturated carbocycles. The zero-order chi connectivity index (χ0) is 15.7.